The van der Waals surface area contributed by atoms with Crippen LogP contribution in [-0.4, -0.2) is 20.7 Å². The van der Waals surface area contributed by atoms with E-state index in [1.807, 2.05) is 27.0 Å². The number of nitrogens with zero attached hydrogens (tertiary/aromatic N) is 3. The van der Waals surface area contributed by atoms with Crippen molar-refractivity contribution in [3.05, 3.63) is 41.5 Å². The molecule has 7 heteroatoms. The summed E-state index contributed by atoms with van der Waals surface area (Å²) in [7, 11) is 1.84. The van der Waals surface area contributed by atoms with Crippen molar-refractivity contribution in [2.75, 3.05) is 5.43 Å². The minimum atomic E-state index is -0.221. The van der Waals surface area contributed by atoms with Gasteiger partial charge in [-0.3, -0.25) is 10.6 Å². The molecule has 0 spiro atoms. The van der Waals surface area contributed by atoms with Gasteiger partial charge in [0, 0.05) is 18.3 Å². The summed E-state index contributed by atoms with van der Waals surface area (Å²) in [6.45, 7) is 3.73. The number of hydrogen-bond acceptors (Lipinski definition) is 5. The summed E-state index contributed by atoms with van der Waals surface area (Å²) in [4.78, 5) is 12.3. The first-order valence-electron chi connectivity index (χ1n) is 6.25. The number of carbonyl (C=O) groups is 1. The van der Waals surface area contributed by atoms with Crippen LogP contribution in [0, 0.1) is 6.92 Å². The maximum Gasteiger partial charge on any atom is 0.252 e. The van der Waals surface area contributed by atoms with E-state index in [4.69, 9.17) is 5.84 Å². The topological polar surface area (TPSA) is 97.9 Å². The summed E-state index contributed by atoms with van der Waals surface area (Å²) in [5.74, 6) is 5.89. The number of rotatable bonds is 4. The Bertz CT molecular complexity index is 621. The van der Waals surface area contributed by atoms with Gasteiger partial charge in [0.2, 0.25) is 0 Å². The van der Waals surface area contributed by atoms with Crippen LogP contribution in [0.2, 0.25) is 0 Å². The van der Waals surface area contributed by atoms with Crippen molar-refractivity contribution >= 4 is 11.6 Å². The van der Waals surface area contributed by atoms with E-state index in [0.717, 1.165) is 11.3 Å². The van der Waals surface area contributed by atoms with Gasteiger partial charge in [0.25, 0.3) is 5.91 Å². The van der Waals surface area contributed by atoms with Crippen molar-refractivity contribution in [3.8, 4) is 0 Å². The van der Waals surface area contributed by atoms with Gasteiger partial charge in [0.05, 0.1) is 6.04 Å². The highest BCUT2D eigenvalue weighted by Gasteiger charge is 2.16. The molecule has 2 rings (SSSR count). The number of hydrazine groups is 1. The summed E-state index contributed by atoms with van der Waals surface area (Å²) >= 11 is 0. The lowest BCUT2D eigenvalue weighted by Crippen LogP contribution is -2.29. The molecule has 0 aliphatic rings. The third kappa shape index (κ3) is 2.77. The second-order valence-corrected chi connectivity index (χ2v) is 4.67. The molecular formula is C13H18N6O. The van der Waals surface area contributed by atoms with Crippen LogP contribution in [0.3, 0.4) is 0 Å². The molecule has 1 aromatic heterocycles. The Morgan fingerprint density at radius 3 is 2.75 bits per heavy atom. The first kappa shape index (κ1) is 14.0. The molecule has 20 heavy (non-hydrogen) atoms. The molecule has 0 saturated carbocycles. The molecule has 0 saturated heterocycles. The van der Waals surface area contributed by atoms with Crippen LogP contribution in [0.25, 0.3) is 0 Å². The first-order chi connectivity index (χ1) is 9.52. The minimum absolute atomic E-state index is 0.151. The van der Waals surface area contributed by atoms with Crippen LogP contribution in [0.1, 0.15) is 34.7 Å². The Kier molecular flexibility index (Phi) is 3.99. The van der Waals surface area contributed by atoms with Gasteiger partial charge in [-0.2, -0.15) is 0 Å². The number of aryl methyl sites for hydroxylation is 2. The van der Waals surface area contributed by atoms with E-state index in [1.54, 1.807) is 23.0 Å². The highest BCUT2D eigenvalue weighted by Crippen LogP contribution is 2.16. The zero-order chi connectivity index (χ0) is 14.7. The number of nitrogens with two attached hydrogens (primary N) is 1. The molecule has 1 amide bonds. The van der Waals surface area contributed by atoms with Crippen molar-refractivity contribution in [1.82, 2.24) is 20.1 Å². The molecule has 106 valence electrons. The molecule has 0 aliphatic heterocycles. The van der Waals surface area contributed by atoms with Gasteiger partial charge in [0.15, 0.2) is 5.82 Å². The van der Waals surface area contributed by atoms with Crippen molar-refractivity contribution < 1.29 is 4.79 Å². The standard InChI is InChI=1S/C13H18N6O/c1-8-6-10(17-14)4-5-11(8)13(20)16-9(2)12-18-15-7-19(12)3/h4-7,9,17H,14H2,1-3H3,(H,16,20). The monoisotopic (exact) mass is 274 g/mol. The van der Waals surface area contributed by atoms with E-state index in [9.17, 15) is 4.79 Å². The molecule has 0 radical (unpaired) electrons. The molecule has 1 heterocycles. The summed E-state index contributed by atoms with van der Waals surface area (Å²) in [6, 6.07) is 5.10. The van der Waals surface area contributed by atoms with Gasteiger partial charge in [-0.25, -0.2) is 0 Å². The Morgan fingerprint density at radius 2 is 2.20 bits per heavy atom. The van der Waals surface area contributed by atoms with E-state index in [0.29, 0.717) is 11.4 Å². The molecule has 0 fully saturated rings. The third-order valence-corrected chi connectivity index (χ3v) is 3.12. The maximum absolute atomic E-state index is 12.3. The number of anilines is 1. The fourth-order valence-electron chi connectivity index (χ4n) is 2.03. The second-order valence-electron chi connectivity index (χ2n) is 4.67. The number of nitrogen functional groups attached to an aromatic ring is 1. The Labute approximate surface area is 117 Å². The lowest BCUT2D eigenvalue weighted by atomic mass is 10.1. The molecule has 1 aromatic carbocycles. The van der Waals surface area contributed by atoms with Crippen molar-refractivity contribution in [1.29, 1.82) is 0 Å². The highest BCUT2D eigenvalue weighted by molar-refractivity contribution is 5.96. The molecule has 1 atom stereocenters. The molecular weight excluding hydrogens is 256 g/mol. The largest absolute Gasteiger partial charge is 0.342 e. The Balaban J connectivity index is 2.14. The summed E-state index contributed by atoms with van der Waals surface area (Å²) in [5.41, 5.74) is 4.77. The average Bonchev–Trinajstić information content (AvgIpc) is 2.84. The molecule has 0 bridgehead atoms. The Hall–Kier alpha value is -2.41. The van der Waals surface area contributed by atoms with Crippen LogP contribution in [0.5, 0.6) is 0 Å². The van der Waals surface area contributed by atoms with Crippen LogP contribution >= 0.6 is 0 Å². The van der Waals surface area contributed by atoms with Gasteiger partial charge in [-0.1, -0.05) is 0 Å². The number of carbonyl (C=O) groups excluding carboxylic acids is 1. The second kappa shape index (κ2) is 5.70. The first-order valence-corrected chi connectivity index (χ1v) is 6.25. The van der Waals surface area contributed by atoms with Crippen LogP contribution in [0.15, 0.2) is 24.5 Å². The van der Waals surface area contributed by atoms with Gasteiger partial charge in [0.1, 0.15) is 6.33 Å². The minimum Gasteiger partial charge on any atom is -0.342 e. The summed E-state index contributed by atoms with van der Waals surface area (Å²) in [6.07, 6.45) is 1.60. The van der Waals surface area contributed by atoms with Gasteiger partial charge < -0.3 is 15.3 Å². The fraction of sp³-hybridized carbons (Fsp3) is 0.308. The lowest BCUT2D eigenvalue weighted by molar-refractivity contribution is 0.0937. The predicted octanol–water partition coefficient (Wildman–Crippen LogP) is 0.900. The predicted molar refractivity (Wildman–Crippen MR) is 75.9 cm³/mol. The van der Waals surface area contributed by atoms with E-state index in [2.05, 4.69) is 20.9 Å². The highest BCUT2D eigenvalue weighted by atomic mass is 16.1. The molecule has 1 unspecified atom stereocenters. The Morgan fingerprint density at radius 1 is 1.45 bits per heavy atom. The summed E-state index contributed by atoms with van der Waals surface area (Å²) in [5, 5.41) is 10.7. The fourth-order valence-corrected chi connectivity index (χ4v) is 2.03. The van der Waals surface area contributed by atoms with Gasteiger partial charge in [-0.15, -0.1) is 10.2 Å². The molecule has 0 aliphatic carbocycles. The zero-order valence-corrected chi connectivity index (χ0v) is 11.7. The average molecular weight is 274 g/mol. The van der Waals surface area contributed by atoms with Crippen molar-refractivity contribution in [2.24, 2.45) is 12.9 Å². The number of hydrogen-bond donors (Lipinski definition) is 3. The van der Waals surface area contributed by atoms with Crippen LogP contribution < -0.4 is 16.6 Å². The van der Waals surface area contributed by atoms with Crippen LogP contribution in [-0.2, 0) is 7.05 Å². The molecule has 2 aromatic rings. The number of benzene rings is 1. The third-order valence-electron chi connectivity index (χ3n) is 3.12. The van der Waals surface area contributed by atoms with Crippen LogP contribution in [0.4, 0.5) is 5.69 Å². The molecule has 4 N–H and O–H groups in total. The van der Waals surface area contributed by atoms with Crippen molar-refractivity contribution in [2.45, 2.75) is 19.9 Å². The van der Waals surface area contributed by atoms with Crippen molar-refractivity contribution in [3.63, 3.8) is 0 Å². The summed E-state index contributed by atoms with van der Waals surface area (Å²) < 4.78 is 1.78. The maximum atomic E-state index is 12.3. The molecule has 7 nitrogen and oxygen atoms in total. The van der Waals surface area contributed by atoms with Gasteiger partial charge >= 0.3 is 0 Å². The quantitative estimate of drug-likeness (QED) is 0.568. The SMILES string of the molecule is Cc1cc(NN)ccc1C(=O)NC(C)c1nncn1C. The van der Waals surface area contributed by atoms with E-state index in [-0.39, 0.29) is 11.9 Å². The van der Waals surface area contributed by atoms with Gasteiger partial charge in [-0.05, 0) is 37.6 Å². The lowest BCUT2D eigenvalue weighted by Gasteiger charge is -2.14. The zero-order valence-electron chi connectivity index (χ0n) is 11.7. The smallest absolute Gasteiger partial charge is 0.252 e. The number of nitrogens with one attached hydrogen (secondary N) is 2. The normalized spacial score (nSPS) is 12.0. The van der Waals surface area contributed by atoms with E-state index in [1.165, 1.54) is 0 Å². The number of aromatic nitrogens is 3. The van der Waals surface area contributed by atoms with E-state index >= 15 is 0 Å². The number of amides is 1. The van der Waals surface area contributed by atoms with E-state index < -0.39 is 0 Å².